The molecule has 0 radical (unpaired) electrons. The Morgan fingerprint density at radius 1 is 1.36 bits per heavy atom. The lowest BCUT2D eigenvalue weighted by Gasteiger charge is -2.19. The lowest BCUT2D eigenvalue weighted by atomic mass is 9.98. The van der Waals surface area contributed by atoms with E-state index in [0.717, 1.165) is 37.2 Å². The average molecular weight is 301 g/mol. The van der Waals surface area contributed by atoms with Gasteiger partial charge in [0.1, 0.15) is 0 Å². The lowest BCUT2D eigenvalue weighted by Crippen LogP contribution is -2.35. The van der Waals surface area contributed by atoms with Crippen LogP contribution in [0.15, 0.2) is 18.2 Å². The van der Waals surface area contributed by atoms with Crippen molar-refractivity contribution in [2.24, 2.45) is 17.6 Å². The fourth-order valence-corrected chi connectivity index (χ4v) is 4.11. The molecule has 4 heteroatoms. The molecule has 0 aromatic heterocycles. The molecule has 1 saturated carbocycles. The van der Waals surface area contributed by atoms with Gasteiger partial charge in [0.2, 0.25) is 5.91 Å². The molecule has 3 rings (SSSR count). The first kappa shape index (κ1) is 15.5. The fraction of sp³-hybridized carbons (Fsp3) is 0.611. The lowest BCUT2D eigenvalue weighted by molar-refractivity contribution is -0.117. The molecule has 1 heterocycles. The Kier molecular flexibility index (Phi) is 4.50. The van der Waals surface area contributed by atoms with Crippen molar-refractivity contribution in [3.05, 3.63) is 29.3 Å². The van der Waals surface area contributed by atoms with Gasteiger partial charge < -0.3 is 11.1 Å². The molecule has 1 aromatic carbocycles. The number of likely N-dealkylation sites (tertiary alicyclic amines) is 1. The second-order valence-electron chi connectivity index (χ2n) is 6.87. The number of fused-ring (bicyclic) bond motifs is 1. The van der Waals surface area contributed by atoms with E-state index in [1.165, 1.54) is 12.0 Å². The zero-order valence-corrected chi connectivity index (χ0v) is 13.6. The van der Waals surface area contributed by atoms with E-state index in [9.17, 15) is 4.79 Å². The first-order chi connectivity index (χ1) is 10.6. The van der Waals surface area contributed by atoms with Crippen LogP contribution in [0.1, 0.15) is 30.9 Å². The summed E-state index contributed by atoms with van der Waals surface area (Å²) in [6, 6.07) is 6.52. The molecular weight excluding hydrogens is 274 g/mol. The molecule has 2 fully saturated rings. The van der Waals surface area contributed by atoms with Crippen LogP contribution in [-0.2, 0) is 11.2 Å². The predicted octanol–water partition coefficient (Wildman–Crippen LogP) is 2.17. The van der Waals surface area contributed by atoms with Gasteiger partial charge in [-0.1, -0.05) is 25.1 Å². The number of carbonyl (C=O) groups excluding carboxylic acids is 1. The van der Waals surface area contributed by atoms with E-state index in [1.807, 2.05) is 19.1 Å². The fourth-order valence-electron chi connectivity index (χ4n) is 4.11. The Balaban J connectivity index is 1.60. The van der Waals surface area contributed by atoms with Gasteiger partial charge in [0.15, 0.2) is 0 Å². The quantitative estimate of drug-likeness (QED) is 0.896. The summed E-state index contributed by atoms with van der Waals surface area (Å²) in [6.07, 6.45) is 3.31. The van der Waals surface area contributed by atoms with Gasteiger partial charge in [-0.25, -0.2) is 0 Å². The SMILES string of the molecule is CCc1cccc(C)c1NC(=O)CN1CC2CCC(N)C2C1. The number of aryl methyl sites for hydroxylation is 2. The Labute approximate surface area is 133 Å². The maximum atomic E-state index is 12.4. The summed E-state index contributed by atoms with van der Waals surface area (Å²) in [7, 11) is 0. The Bertz CT molecular complexity index is 557. The van der Waals surface area contributed by atoms with Crippen LogP contribution < -0.4 is 11.1 Å². The first-order valence-electron chi connectivity index (χ1n) is 8.44. The number of hydrogen-bond donors (Lipinski definition) is 2. The molecule has 1 aliphatic heterocycles. The molecule has 1 aromatic rings. The molecular formula is C18H27N3O. The number of anilines is 1. The van der Waals surface area contributed by atoms with Crippen LogP contribution >= 0.6 is 0 Å². The topological polar surface area (TPSA) is 58.4 Å². The van der Waals surface area contributed by atoms with Crippen molar-refractivity contribution < 1.29 is 4.79 Å². The molecule has 0 bridgehead atoms. The van der Waals surface area contributed by atoms with Crippen molar-refractivity contribution in [1.82, 2.24) is 4.90 Å². The molecule has 22 heavy (non-hydrogen) atoms. The minimum absolute atomic E-state index is 0.0949. The summed E-state index contributed by atoms with van der Waals surface area (Å²) in [4.78, 5) is 14.7. The highest BCUT2D eigenvalue weighted by Crippen LogP contribution is 2.36. The molecule has 1 aliphatic carbocycles. The molecule has 3 N–H and O–H groups in total. The number of nitrogens with one attached hydrogen (secondary N) is 1. The third-order valence-electron chi connectivity index (χ3n) is 5.36. The van der Waals surface area contributed by atoms with Crippen molar-refractivity contribution in [3.63, 3.8) is 0 Å². The molecule has 120 valence electrons. The molecule has 1 saturated heterocycles. The number of hydrogen-bond acceptors (Lipinski definition) is 3. The van der Waals surface area contributed by atoms with Crippen molar-refractivity contribution in [1.29, 1.82) is 0 Å². The van der Waals surface area contributed by atoms with E-state index in [4.69, 9.17) is 5.73 Å². The average Bonchev–Trinajstić information content (AvgIpc) is 3.03. The summed E-state index contributed by atoms with van der Waals surface area (Å²) < 4.78 is 0. The number of benzene rings is 1. The Hall–Kier alpha value is -1.39. The molecule has 1 amide bonds. The van der Waals surface area contributed by atoms with Crippen molar-refractivity contribution >= 4 is 11.6 Å². The predicted molar refractivity (Wildman–Crippen MR) is 89.8 cm³/mol. The second kappa shape index (κ2) is 6.39. The van der Waals surface area contributed by atoms with Crippen LogP contribution in [0, 0.1) is 18.8 Å². The monoisotopic (exact) mass is 301 g/mol. The highest BCUT2D eigenvalue weighted by Gasteiger charge is 2.41. The number of nitrogens with two attached hydrogens (primary N) is 1. The smallest absolute Gasteiger partial charge is 0.238 e. The van der Waals surface area contributed by atoms with E-state index < -0.39 is 0 Å². The van der Waals surface area contributed by atoms with Gasteiger partial charge in [-0.2, -0.15) is 0 Å². The maximum absolute atomic E-state index is 12.4. The van der Waals surface area contributed by atoms with Gasteiger partial charge in [0.05, 0.1) is 6.54 Å². The second-order valence-corrected chi connectivity index (χ2v) is 6.87. The summed E-state index contributed by atoms with van der Waals surface area (Å²) in [6.45, 7) is 6.66. The van der Waals surface area contributed by atoms with Gasteiger partial charge in [0, 0.05) is 24.8 Å². The van der Waals surface area contributed by atoms with E-state index in [1.54, 1.807) is 0 Å². The van der Waals surface area contributed by atoms with Gasteiger partial charge in [-0.15, -0.1) is 0 Å². The zero-order valence-electron chi connectivity index (χ0n) is 13.6. The maximum Gasteiger partial charge on any atom is 0.238 e. The summed E-state index contributed by atoms with van der Waals surface area (Å²) in [5, 5.41) is 3.12. The van der Waals surface area contributed by atoms with Crippen molar-refractivity contribution in [3.8, 4) is 0 Å². The summed E-state index contributed by atoms with van der Waals surface area (Å²) in [5.74, 6) is 1.39. The van der Waals surface area contributed by atoms with Crippen LogP contribution in [-0.4, -0.2) is 36.5 Å². The van der Waals surface area contributed by atoms with Gasteiger partial charge in [-0.05, 0) is 49.1 Å². The number of nitrogens with zero attached hydrogens (tertiary/aromatic N) is 1. The van der Waals surface area contributed by atoms with Crippen LogP contribution in [0.4, 0.5) is 5.69 Å². The number of carbonyl (C=O) groups is 1. The summed E-state index contributed by atoms with van der Waals surface area (Å²) in [5.41, 5.74) is 9.49. The zero-order chi connectivity index (χ0) is 15.7. The van der Waals surface area contributed by atoms with Crippen LogP contribution in [0.3, 0.4) is 0 Å². The normalized spacial score (nSPS) is 27.9. The molecule has 3 unspecified atom stereocenters. The van der Waals surface area contributed by atoms with Crippen LogP contribution in [0.5, 0.6) is 0 Å². The third kappa shape index (κ3) is 3.03. The minimum Gasteiger partial charge on any atom is -0.327 e. The van der Waals surface area contributed by atoms with Gasteiger partial charge in [-0.3, -0.25) is 9.69 Å². The number of para-hydroxylation sites is 1. The Morgan fingerprint density at radius 3 is 2.91 bits per heavy atom. The van der Waals surface area contributed by atoms with E-state index in [2.05, 4.69) is 23.2 Å². The van der Waals surface area contributed by atoms with E-state index in [-0.39, 0.29) is 5.91 Å². The molecule has 2 aliphatic rings. The number of amides is 1. The highest BCUT2D eigenvalue weighted by molar-refractivity contribution is 5.93. The van der Waals surface area contributed by atoms with Crippen LogP contribution in [0.2, 0.25) is 0 Å². The van der Waals surface area contributed by atoms with Gasteiger partial charge in [0.25, 0.3) is 0 Å². The highest BCUT2D eigenvalue weighted by atomic mass is 16.2. The summed E-state index contributed by atoms with van der Waals surface area (Å²) >= 11 is 0. The van der Waals surface area contributed by atoms with Crippen molar-refractivity contribution in [2.75, 3.05) is 25.0 Å². The van der Waals surface area contributed by atoms with E-state index in [0.29, 0.717) is 24.4 Å². The standard InChI is InChI=1S/C18H27N3O/c1-3-13-6-4-5-12(2)18(13)20-17(22)11-21-9-14-7-8-16(19)15(14)10-21/h4-6,14-16H,3,7-11,19H2,1-2H3,(H,20,22). The molecule has 4 nitrogen and oxygen atoms in total. The minimum atomic E-state index is 0.0949. The van der Waals surface area contributed by atoms with E-state index >= 15 is 0 Å². The van der Waals surface area contributed by atoms with Crippen LogP contribution in [0.25, 0.3) is 0 Å². The van der Waals surface area contributed by atoms with Crippen molar-refractivity contribution in [2.45, 2.75) is 39.2 Å². The first-order valence-corrected chi connectivity index (χ1v) is 8.44. The molecule has 3 atom stereocenters. The number of rotatable bonds is 4. The van der Waals surface area contributed by atoms with Gasteiger partial charge >= 0.3 is 0 Å². The Morgan fingerprint density at radius 2 is 2.18 bits per heavy atom. The molecule has 0 spiro atoms. The largest absolute Gasteiger partial charge is 0.327 e. The third-order valence-corrected chi connectivity index (χ3v) is 5.36.